The summed E-state index contributed by atoms with van der Waals surface area (Å²) in [7, 11) is 1.94. The number of pyridine rings is 1. The van der Waals surface area contributed by atoms with Gasteiger partial charge in [0.05, 0.1) is 6.54 Å². The maximum atomic E-state index is 5.69. The summed E-state index contributed by atoms with van der Waals surface area (Å²) in [4.78, 5) is 6.20. The third-order valence-electron chi connectivity index (χ3n) is 2.24. The highest BCUT2D eigenvalue weighted by Crippen LogP contribution is 2.14. The van der Waals surface area contributed by atoms with Gasteiger partial charge in [-0.15, -0.1) is 0 Å². The van der Waals surface area contributed by atoms with E-state index in [1.807, 2.05) is 31.0 Å². The van der Waals surface area contributed by atoms with Crippen molar-refractivity contribution in [3.63, 3.8) is 0 Å². The molecule has 0 aliphatic heterocycles. The SMILES string of the molecule is Cc1cc(CN(C)c2cc(N)ccn2)no1. The summed E-state index contributed by atoms with van der Waals surface area (Å²) < 4.78 is 5.00. The molecule has 2 N–H and O–H groups in total. The highest BCUT2D eigenvalue weighted by Gasteiger charge is 2.06. The Balaban J connectivity index is 2.11. The molecule has 0 saturated heterocycles. The Bertz CT molecular complexity index is 480. The van der Waals surface area contributed by atoms with Gasteiger partial charge in [-0.25, -0.2) is 4.98 Å². The molecule has 16 heavy (non-hydrogen) atoms. The molecule has 2 aromatic rings. The average molecular weight is 218 g/mol. The molecule has 0 bridgehead atoms. The molecule has 0 fully saturated rings. The van der Waals surface area contributed by atoms with Crippen molar-refractivity contribution in [2.75, 3.05) is 17.7 Å². The molecule has 0 aromatic carbocycles. The Hall–Kier alpha value is -2.04. The van der Waals surface area contributed by atoms with Gasteiger partial charge in [0, 0.05) is 31.1 Å². The zero-order valence-electron chi connectivity index (χ0n) is 9.34. The Morgan fingerprint density at radius 2 is 2.25 bits per heavy atom. The van der Waals surface area contributed by atoms with Crippen LogP contribution in [0.5, 0.6) is 0 Å². The molecule has 0 saturated carbocycles. The van der Waals surface area contributed by atoms with E-state index in [1.54, 1.807) is 12.3 Å². The van der Waals surface area contributed by atoms with E-state index in [2.05, 4.69) is 10.1 Å². The standard InChI is InChI=1S/C11H14N4O/c1-8-5-10(14-16-8)7-15(2)11-6-9(12)3-4-13-11/h3-6H,7H2,1-2H3,(H2,12,13). The first-order valence-corrected chi connectivity index (χ1v) is 5.00. The number of nitrogens with two attached hydrogens (primary N) is 1. The van der Waals surface area contributed by atoms with Gasteiger partial charge in [-0.1, -0.05) is 5.16 Å². The minimum Gasteiger partial charge on any atom is -0.399 e. The van der Waals surface area contributed by atoms with Crippen molar-refractivity contribution < 1.29 is 4.52 Å². The van der Waals surface area contributed by atoms with Gasteiger partial charge in [-0.3, -0.25) is 0 Å². The lowest BCUT2D eigenvalue weighted by molar-refractivity contribution is 0.390. The number of aryl methyl sites for hydroxylation is 1. The van der Waals surface area contributed by atoms with Crippen LogP contribution in [0.15, 0.2) is 28.9 Å². The summed E-state index contributed by atoms with van der Waals surface area (Å²) >= 11 is 0. The monoisotopic (exact) mass is 218 g/mol. The maximum Gasteiger partial charge on any atom is 0.133 e. The smallest absolute Gasteiger partial charge is 0.133 e. The molecule has 0 atom stereocenters. The molecular weight excluding hydrogens is 204 g/mol. The molecule has 0 spiro atoms. The summed E-state index contributed by atoms with van der Waals surface area (Å²) in [6, 6.07) is 5.49. The van der Waals surface area contributed by atoms with Crippen LogP contribution in [-0.4, -0.2) is 17.2 Å². The highest BCUT2D eigenvalue weighted by molar-refractivity contribution is 5.49. The Kier molecular flexibility index (Phi) is 2.76. The van der Waals surface area contributed by atoms with Crippen molar-refractivity contribution in [3.8, 4) is 0 Å². The van der Waals surface area contributed by atoms with Crippen LogP contribution in [0, 0.1) is 6.92 Å². The van der Waals surface area contributed by atoms with E-state index in [-0.39, 0.29) is 0 Å². The predicted molar refractivity (Wildman–Crippen MR) is 62.0 cm³/mol. The number of nitrogen functional groups attached to an aromatic ring is 1. The lowest BCUT2D eigenvalue weighted by Gasteiger charge is -2.16. The molecule has 5 nitrogen and oxygen atoms in total. The van der Waals surface area contributed by atoms with E-state index < -0.39 is 0 Å². The fraction of sp³-hybridized carbons (Fsp3) is 0.273. The van der Waals surface area contributed by atoms with Crippen molar-refractivity contribution in [2.45, 2.75) is 13.5 Å². The normalized spacial score (nSPS) is 10.4. The quantitative estimate of drug-likeness (QED) is 0.847. The van der Waals surface area contributed by atoms with Crippen LogP contribution in [0.3, 0.4) is 0 Å². The first kappa shape index (κ1) is 10.5. The van der Waals surface area contributed by atoms with Crippen LogP contribution in [0.1, 0.15) is 11.5 Å². The fourth-order valence-electron chi connectivity index (χ4n) is 1.46. The Morgan fingerprint density at radius 1 is 1.44 bits per heavy atom. The van der Waals surface area contributed by atoms with Gasteiger partial charge in [-0.05, 0) is 13.0 Å². The predicted octanol–water partition coefficient (Wildman–Crippen LogP) is 1.60. The number of hydrogen-bond donors (Lipinski definition) is 1. The largest absolute Gasteiger partial charge is 0.399 e. The van der Waals surface area contributed by atoms with Crippen molar-refractivity contribution in [2.24, 2.45) is 0 Å². The second kappa shape index (κ2) is 4.22. The van der Waals surface area contributed by atoms with Gasteiger partial charge in [-0.2, -0.15) is 0 Å². The Labute approximate surface area is 93.9 Å². The van der Waals surface area contributed by atoms with Gasteiger partial charge in [0.2, 0.25) is 0 Å². The Morgan fingerprint density at radius 3 is 2.88 bits per heavy atom. The van der Waals surface area contributed by atoms with E-state index in [1.165, 1.54) is 0 Å². The van der Waals surface area contributed by atoms with Gasteiger partial charge in [0.1, 0.15) is 17.3 Å². The molecule has 0 aliphatic rings. The van der Waals surface area contributed by atoms with Crippen LogP contribution in [-0.2, 0) is 6.54 Å². The zero-order valence-corrected chi connectivity index (χ0v) is 9.34. The van der Waals surface area contributed by atoms with E-state index in [9.17, 15) is 0 Å². The molecule has 2 heterocycles. The third kappa shape index (κ3) is 2.31. The van der Waals surface area contributed by atoms with Crippen molar-refractivity contribution >= 4 is 11.5 Å². The van der Waals surface area contributed by atoms with Crippen LogP contribution in [0.4, 0.5) is 11.5 Å². The molecule has 0 unspecified atom stereocenters. The van der Waals surface area contributed by atoms with Crippen LogP contribution < -0.4 is 10.6 Å². The van der Waals surface area contributed by atoms with Gasteiger partial charge in [0.25, 0.3) is 0 Å². The van der Waals surface area contributed by atoms with E-state index >= 15 is 0 Å². The lowest BCUT2D eigenvalue weighted by atomic mass is 10.3. The number of hydrogen-bond acceptors (Lipinski definition) is 5. The average Bonchev–Trinajstić information content (AvgIpc) is 2.64. The molecule has 5 heteroatoms. The van der Waals surface area contributed by atoms with Gasteiger partial charge in [0.15, 0.2) is 0 Å². The van der Waals surface area contributed by atoms with E-state index in [0.717, 1.165) is 17.3 Å². The van der Waals surface area contributed by atoms with E-state index in [0.29, 0.717) is 12.2 Å². The van der Waals surface area contributed by atoms with Crippen molar-refractivity contribution in [1.29, 1.82) is 0 Å². The molecule has 0 aliphatic carbocycles. The molecule has 0 radical (unpaired) electrons. The molecule has 2 rings (SSSR count). The summed E-state index contributed by atoms with van der Waals surface area (Å²) in [6.45, 7) is 2.52. The first-order chi connectivity index (χ1) is 7.65. The highest BCUT2D eigenvalue weighted by atomic mass is 16.5. The molecule has 84 valence electrons. The maximum absolute atomic E-state index is 5.69. The lowest BCUT2D eigenvalue weighted by Crippen LogP contribution is -2.17. The minimum absolute atomic E-state index is 0.647. The van der Waals surface area contributed by atoms with Crippen LogP contribution >= 0.6 is 0 Å². The second-order valence-electron chi connectivity index (χ2n) is 3.73. The summed E-state index contributed by atoms with van der Waals surface area (Å²) in [5, 5.41) is 3.93. The molecule has 0 amide bonds. The van der Waals surface area contributed by atoms with Gasteiger partial charge < -0.3 is 15.2 Å². The molecule has 2 aromatic heterocycles. The fourth-order valence-corrected chi connectivity index (χ4v) is 1.46. The number of nitrogens with zero attached hydrogens (tertiary/aromatic N) is 3. The summed E-state index contributed by atoms with van der Waals surface area (Å²) in [5.41, 5.74) is 7.27. The number of anilines is 2. The van der Waals surface area contributed by atoms with Crippen molar-refractivity contribution in [1.82, 2.24) is 10.1 Å². The number of rotatable bonds is 3. The van der Waals surface area contributed by atoms with Crippen molar-refractivity contribution in [3.05, 3.63) is 35.9 Å². The topological polar surface area (TPSA) is 68.2 Å². The molecular formula is C11H14N4O. The van der Waals surface area contributed by atoms with Gasteiger partial charge >= 0.3 is 0 Å². The van der Waals surface area contributed by atoms with Crippen LogP contribution in [0.2, 0.25) is 0 Å². The summed E-state index contributed by atoms with van der Waals surface area (Å²) in [6.07, 6.45) is 1.69. The zero-order chi connectivity index (χ0) is 11.5. The minimum atomic E-state index is 0.647. The second-order valence-corrected chi connectivity index (χ2v) is 3.73. The summed E-state index contributed by atoms with van der Waals surface area (Å²) in [5.74, 6) is 1.63. The number of aromatic nitrogens is 2. The van der Waals surface area contributed by atoms with Crippen LogP contribution in [0.25, 0.3) is 0 Å². The van der Waals surface area contributed by atoms with E-state index in [4.69, 9.17) is 10.3 Å². The first-order valence-electron chi connectivity index (χ1n) is 5.00. The third-order valence-corrected chi connectivity index (χ3v) is 2.24.